The van der Waals surface area contributed by atoms with E-state index in [9.17, 15) is 8.42 Å². The van der Waals surface area contributed by atoms with E-state index >= 15 is 0 Å². The smallest absolute Gasteiger partial charge is 0.230 e. The lowest BCUT2D eigenvalue weighted by Crippen LogP contribution is -2.10. The van der Waals surface area contributed by atoms with Gasteiger partial charge in [0.1, 0.15) is 17.5 Å². The lowest BCUT2D eigenvalue weighted by Gasteiger charge is -2.08. The number of aromatic nitrogens is 4. The molecule has 24 heavy (non-hydrogen) atoms. The van der Waals surface area contributed by atoms with E-state index in [1.54, 1.807) is 43.1 Å². The van der Waals surface area contributed by atoms with Crippen molar-refractivity contribution in [2.45, 2.75) is 0 Å². The van der Waals surface area contributed by atoms with E-state index in [-0.39, 0.29) is 5.82 Å². The number of pyridine rings is 2. The van der Waals surface area contributed by atoms with E-state index < -0.39 is 10.0 Å². The Balaban J connectivity index is 1.87. The largest absolute Gasteiger partial charge is 0.324 e. The molecular weight excluding hydrogens is 328 g/mol. The predicted octanol–water partition coefficient (Wildman–Crippen LogP) is 2.05. The Morgan fingerprint density at radius 2 is 1.46 bits per heavy atom. The summed E-state index contributed by atoms with van der Waals surface area (Å²) in [7, 11) is -3.38. The summed E-state index contributed by atoms with van der Waals surface area (Å²) in [5.74, 6) is 1.44. The van der Waals surface area contributed by atoms with Crippen LogP contribution in [-0.4, -0.2) is 34.6 Å². The molecule has 3 aromatic rings. The van der Waals surface area contributed by atoms with Gasteiger partial charge in [0.25, 0.3) is 0 Å². The predicted molar refractivity (Wildman–Crippen MR) is 91.2 cm³/mol. The average molecular weight is 342 g/mol. The Morgan fingerprint density at radius 1 is 0.833 bits per heavy atom. The van der Waals surface area contributed by atoms with Crippen molar-refractivity contribution in [3.05, 3.63) is 55.2 Å². The summed E-state index contributed by atoms with van der Waals surface area (Å²) >= 11 is 0. The molecule has 0 spiro atoms. The Morgan fingerprint density at radius 3 is 2.08 bits per heavy atom. The van der Waals surface area contributed by atoms with Crippen molar-refractivity contribution in [1.29, 1.82) is 0 Å². The van der Waals surface area contributed by atoms with E-state index in [4.69, 9.17) is 0 Å². The molecule has 0 atom stereocenters. The third-order valence-corrected chi connectivity index (χ3v) is 3.54. The van der Waals surface area contributed by atoms with Crippen LogP contribution < -0.4 is 10.0 Å². The molecule has 0 saturated carbocycles. The molecule has 0 saturated heterocycles. The molecule has 0 fully saturated rings. The van der Waals surface area contributed by atoms with Crippen LogP contribution in [0.1, 0.15) is 0 Å². The highest BCUT2D eigenvalue weighted by Gasteiger charge is 2.06. The van der Waals surface area contributed by atoms with Crippen LogP contribution in [0.15, 0.2) is 55.2 Å². The topological polar surface area (TPSA) is 110 Å². The minimum Gasteiger partial charge on any atom is -0.324 e. The van der Waals surface area contributed by atoms with E-state index in [1.165, 1.54) is 0 Å². The van der Waals surface area contributed by atoms with Crippen molar-refractivity contribution >= 4 is 27.5 Å². The number of sulfonamides is 1. The van der Waals surface area contributed by atoms with Crippen molar-refractivity contribution in [2.75, 3.05) is 16.3 Å². The van der Waals surface area contributed by atoms with Crippen LogP contribution in [0, 0.1) is 0 Å². The fourth-order valence-corrected chi connectivity index (χ4v) is 2.52. The summed E-state index contributed by atoms with van der Waals surface area (Å²) in [6.07, 6.45) is 9.03. The summed E-state index contributed by atoms with van der Waals surface area (Å²) in [5, 5.41) is 3.06. The second-order valence-electron chi connectivity index (χ2n) is 4.95. The Hall–Kier alpha value is -3.07. The Labute approximate surface area is 139 Å². The van der Waals surface area contributed by atoms with Gasteiger partial charge in [0.15, 0.2) is 0 Å². The maximum Gasteiger partial charge on any atom is 0.230 e. The lowest BCUT2D eigenvalue weighted by atomic mass is 10.1. The van der Waals surface area contributed by atoms with Gasteiger partial charge in [-0.05, 0) is 35.4 Å². The number of hydrogen-bond donors (Lipinski definition) is 2. The first kappa shape index (κ1) is 15.8. The van der Waals surface area contributed by atoms with Crippen LogP contribution >= 0.6 is 0 Å². The van der Waals surface area contributed by atoms with Gasteiger partial charge < -0.3 is 5.32 Å². The maximum absolute atomic E-state index is 11.3. The quantitative estimate of drug-likeness (QED) is 0.730. The highest BCUT2D eigenvalue weighted by molar-refractivity contribution is 7.92. The van der Waals surface area contributed by atoms with Gasteiger partial charge in [0.2, 0.25) is 10.0 Å². The van der Waals surface area contributed by atoms with E-state index in [2.05, 4.69) is 30.0 Å². The van der Waals surface area contributed by atoms with Crippen LogP contribution in [0.2, 0.25) is 0 Å². The molecule has 8 nitrogen and oxygen atoms in total. The molecule has 0 bridgehead atoms. The van der Waals surface area contributed by atoms with Crippen LogP contribution in [0.5, 0.6) is 0 Å². The van der Waals surface area contributed by atoms with Gasteiger partial charge in [0, 0.05) is 24.8 Å². The molecule has 0 amide bonds. The molecule has 122 valence electrons. The summed E-state index contributed by atoms with van der Waals surface area (Å²) in [6, 6.07) is 7.09. The van der Waals surface area contributed by atoms with Crippen molar-refractivity contribution in [3.63, 3.8) is 0 Å². The Bertz CT molecular complexity index is 947. The average Bonchev–Trinajstić information content (AvgIpc) is 2.55. The first-order chi connectivity index (χ1) is 11.5. The number of anilines is 3. The summed E-state index contributed by atoms with van der Waals surface area (Å²) in [5.41, 5.74) is 1.66. The zero-order valence-electron chi connectivity index (χ0n) is 12.7. The van der Waals surface area contributed by atoms with Crippen molar-refractivity contribution in [1.82, 2.24) is 19.9 Å². The monoisotopic (exact) mass is 342 g/mol. The fraction of sp³-hybridized carbons (Fsp3) is 0.0667. The first-order valence-corrected chi connectivity index (χ1v) is 8.82. The standard InChI is InChI=1S/C15H14N6O2S/c1-24(22,23)21-14-9-12(3-5-18-14)11-2-4-17-13(8-11)20-15-10-16-6-7-19-15/h2-10H,1H3,(H,18,21)(H,17,19,20). The second-order valence-corrected chi connectivity index (χ2v) is 6.70. The zero-order valence-corrected chi connectivity index (χ0v) is 13.5. The Kier molecular flexibility index (Phi) is 4.34. The van der Waals surface area contributed by atoms with Crippen LogP contribution in [0.4, 0.5) is 17.5 Å². The third-order valence-electron chi connectivity index (χ3n) is 2.96. The number of rotatable bonds is 5. The van der Waals surface area contributed by atoms with E-state index in [0.717, 1.165) is 17.4 Å². The SMILES string of the molecule is CS(=O)(=O)Nc1cc(-c2ccnc(Nc3cnccn3)c2)ccn1. The van der Waals surface area contributed by atoms with E-state index in [0.29, 0.717) is 11.6 Å². The van der Waals surface area contributed by atoms with Gasteiger partial charge in [-0.1, -0.05) is 0 Å². The first-order valence-electron chi connectivity index (χ1n) is 6.93. The molecule has 3 heterocycles. The van der Waals surface area contributed by atoms with Crippen LogP contribution in [0.25, 0.3) is 11.1 Å². The molecule has 0 unspecified atom stereocenters. The second kappa shape index (κ2) is 6.59. The van der Waals surface area contributed by atoms with Gasteiger partial charge in [-0.3, -0.25) is 9.71 Å². The van der Waals surface area contributed by atoms with E-state index in [1.807, 2.05) is 12.1 Å². The normalized spacial score (nSPS) is 11.0. The molecule has 0 aromatic carbocycles. The highest BCUT2D eigenvalue weighted by Crippen LogP contribution is 2.24. The molecular formula is C15H14N6O2S. The van der Waals surface area contributed by atoms with Gasteiger partial charge in [-0.2, -0.15) is 0 Å². The van der Waals surface area contributed by atoms with Crippen LogP contribution in [-0.2, 0) is 10.0 Å². The number of hydrogen-bond acceptors (Lipinski definition) is 7. The minimum atomic E-state index is -3.38. The minimum absolute atomic E-state index is 0.259. The molecule has 0 radical (unpaired) electrons. The molecule has 3 aromatic heterocycles. The van der Waals surface area contributed by atoms with Gasteiger partial charge in [-0.25, -0.2) is 23.4 Å². The molecule has 0 aliphatic heterocycles. The lowest BCUT2D eigenvalue weighted by molar-refractivity contribution is 0.606. The fourth-order valence-electron chi connectivity index (χ4n) is 2.03. The summed E-state index contributed by atoms with van der Waals surface area (Å²) in [6.45, 7) is 0. The molecule has 3 rings (SSSR count). The van der Waals surface area contributed by atoms with Gasteiger partial charge >= 0.3 is 0 Å². The highest BCUT2D eigenvalue weighted by atomic mass is 32.2. The van der Waals surface area contributed by atoms with Gasteiger partial charge in [-0.15, -0.1) is 0 Å². The van der Waals surface area contributed by atoms with Crippen molar-refractivity contribution < 1.29 is 8.42 Å². The third kappa shape index (κ3) is 4.23. The maximum atomic E-state index is 11.3. The van der Waals surface area contributed by atoms with Gasteiger partial charge in [0.05, 0.1) is 12.5 Å². The molecule has 0 aliphatic rings. The van der Waals surface area contributed by atoms with Crippen molar-refractivity contribution in [2.24, 2.45) is 0 Å². The summed E-state index contributed by atoms with van der Waals surface area (Å²) in [4.78, 5) is 16.3. The molecule has 2 N–H and O–H groups in total. The zero-order chi connectivity index (χ0) is 17.0. The van der Waals surface area contributed by atoms with Crippen molar-refractivity contribution in [3.8, 4) is 11.1 Å². The molecule has 9 heteroatoms. The van der Waals surface area contributed by atoms with Crippen LogP contribution in [0.3, 0.4) is 0 Å². The molecule has 0 aliphatic carbocycles. The summed E-state index contributed by atoms with van der Waals surface area (Å²) < 4.78 is 25.0. The number of nitrogens with one attached hydrogen (secondary N) is 2. The number of nitrogens with zero attached hydrogens (tertiary/aromatic N) is 4.